The minimum absolute atomic E-state index is 0. The lowest BCUT2D eigenvalue weighted by molar-refractivity contribution is 0.259. The number of rotatable bonds is 4. The molecule has 0 aromatic rings. The second-order valence-corrected chi connectivity index (χ2v) is 8.58. The van der Waals surface area contributed by atoms with Gasteiger partial charge in [0.05, 0.1) is 0 Å². The van der Waals surface area contributed by atoms with Crippen LogP contribution in [-0.2, 0) is 0 Å². The van der Waals surface area contributed by atoms with Crippen LogP contribution >= 0.6 is 24.0 Å². The first-order valence-corrected chi connectivity index (χ1v) is 9.98. The minimum atomic E-state index is 0. The molecule has 124 valence electrons. The summed E-state index contributed by atoms with van der Waals surface area (Å²) in [4.78, 5) is 2.53. The normalized spacial score (nSPS) is 22.4. The molecule has 1 unspecified atom stereocenters. The Kier molecular flexibility index (Phi) is 9.22. The van der Waals surface area contributed by atoms with E-state index in [-0.39, 0.29) is 6.15 Å². The molecule has 0 aliphatic heterocycles. The molecule has 0 saturated heterocycles. The summed E-state index contributed by atoms with van der Waals surface area (Å²) >= 11 is 7.78. The van der Waals surface area contributed by atoms with Crippen molar-refractivity contribution in [2.24, 2.45) is 5.92 Å². The Hall–Kier alpha value is 0.200. The van der Waals surface area contributed by atoms with Crippen molar-refractivity contribution >= 4 is 28.3 Å². The van der Waals surface area contributed by atoms with Gasteiger partial charge in [-0.05, 0) is 38.5 Å². The third kappa shape index (κ3) is 5.72. The molecular formula is C17H34N2S2. The Bertz CT molecular complexity index is 297. The topological polar surface area (TPSA) is 38.2 Å². The van der Waals surface area contributed by atoms with Gasteiger partial charge < -0.3 is 11.1 Å². The predicted molar refractivity (Wildman–Crippen MR) is 101 cm³/mol. The Morgan fingerprint density at radius 2 is 1.57 bits per heavy atom. The molecule has 1 atom stereocenters. The van der Waals surface area contributed by atoms with Crippen molar-refractivity contribution in [2.75, 3.05) is 6.54 Å². The molecule has 0 aromatic heterocycles. The van der Waals surface area contributed by atoms with E-state index in [2.05, 4.69) is 18.7 Å². The van der Waals surface area contributed by atoms with Crippen LogP contribution in [0.4, 0.5) is 0 Å². The summed E-state index contributed by atoms with van der Waals surface area (Å²) in [6, 6.07) is 0.729. The van der Waals surface area contributed by atoms with Gasteiger partial charge in [-0.2, -0.15) is 0 Å². The molecule has 2 saturated carbocycles. The highest BCUT2D eigenvalue weighted by Gasteiger charge is 2.26. The average molecular weight is 331 g/mol. The van der Waals surface area contributed by atoms with Crippen molar-refractivity contribution in [1.82, 2.24) is 11.1 Å². The van der Waals surface area contributed by atoms with Gasteiger partial charge in [-0.15, -0.1) is 0 Å². The predicted octanol–water partition coefficient (Wildman–Crippen LogP) is 5.79. The zero-order chi connectivity index (χ0) is 14.4. The summed E-state index contributed by atoms with van der Waals surface area (Å²) in [5.41, 5.74) is 0. The van der Waals surface area contributed by atoms with E-state index in [1.165, 1.54) is 68.5 Å². The fourth-order valence-corrected chi connectivity index (χ4v) is 5.79. The molecule has 0 aromatic carbocycles. The van der Waals surface area contributed by atoms with Crippen LogP contribution in [0.25, 0.3) is 0 Å². The van der Waals surface area contributed by atoms with Gasteiger partial charge in [-0.1, -0.05) is 69.4 Å². The molecule has 2 aliphatic carbocycles. The Morgan fingerprint density at radius 1 is 1.05 bits per heavy atom. The Morgan fingerprint density at radius 3 is 2.10 bits per heavy atom. The largest absolute Gasteiger partial charge is 0.355 e. The monoisotopic (exact) mass is 330 g/mol. The third-order valence-electron chi connectivity index (χ3n) is 5.19. The molecule has 0 amide bonds. The minimum Gasteiger partial charge on any atom is -0.355 e. The Balaban J connectivity index is 0.00000220. The van der Waals surface area contributed by atoms with Crippen molar-refractivity contribution in [1.29, 1.82) is 0 Å². The van der Waals surface area contributed by atoms with Crippen molar-refractivity contribution < 1.29 is 0 Å². The SMILES string of the molecule is CCN(C(=S)SC(C)C1CCCCC1)C1CCCCC1.N. The summed E-state index contributed by atoms with van der Waals surface area (Å²) < 4.78 is 1.18. The van der Waals surface area contributed by atoms with Gasteiger partial charge in [0.2, 0.25) is 0 Å². The van der Waals surface area contributed by atoms with Gasteiger partial charge in [0, 0.05) is 17.8 Å². The standard InChI is InChI=1S/C17H31NS2.H3N/c1-3-18(16-12-8-5-9-13-16)17(19)20-14(2)15-10-6-4-7-11-15;/h14-16H,3-13H2,1-2H3;1H3. The van der Waals surface area contributed by atoms with Gasteiger partial charge in [0.1, 0.15) is 4.32 Å². The molecule has 2 rings (SSSR count). The maximum absolute atomic E-state index is 5.79. The number of nitrogens with zero attached hydrogens (tertiary/aromatic N) is 1. The molecule has 0 spiro atoms. The van der Waals surface area contributed by atoms with E-state index in [0.717, 1.165) is 18.5 Å². The van der Waals surface area contributed by atoms with E-state index < -0.39 is 0 Å². The van der Waals surface area contributed by atoms with E-state index in [1.807, 2.05) is 11.8 Å². The highest BCUT2D eigenvalue weighted by molar-refractivity contribution is 8.23. The van der Waals surface area contributed by atoms with Crippen LogP contribution in [0.5, 0.6) is 0 Å². The lowest BCUT2D eigenvalue weighted by Crippen LogP contribution is -2.40. The number of thioether (sulfide) groups is 1. The zero-order valence-electron chi connectivity index (χ0n) is 14.0. The number of thiocarbonyl (C=S) groups is 1. The molecule has 4 heteroatoms. The summed E-state index contributed by atoms with van der Waals surface area (Å²) in [7, 11) is 0. The molecule has 2 nitrogen and oxygen atoms in total. The summed E-state index contributed by atoms with van der Waals surface area (Å²) in [6.07, 6.45) is 14.1. The maximum Gasteiger partial charge on any atom is 0.136 e. The van der Waals surface area contributed by atoms with Crippen LogP contribution in [0.1, 0.15) is 78.1 Å². The first-order valence-electron chi connectivity index (χ1n) is 8.69. The van der Waals surface area contributed by atoms with Crippen LogP contribution in [0, 0.1) is 5.92 Å². The van der Waals surface area contributed by atoms with Gasteiger partial charge in [0.25, 0.3) is 0 Å². The van der Waals surface area contributed by atoms with Crippen molar-refractivity contribution in [3.05, 3.63) is 0 Å². The highest BCUT2D eigenvalue weighted by atomic mass is 32.2. The molecule has 2 fully saturated rings. The maximum atomic E-state index is 5.79. The van der Waals surface area contributed by atoms with E-state index in [4.69, 9.17) is 12.2 Å². The van der Waals surface area contributed by atoms with Crippen LogP contribution in [0.2, 0.25) is 0 Å². The highest BCUT2D eigenvalue weighted by Crippen LogP contribution is 2.34. The second kappa shape index (κ2) is 10.1. The van der Waals surface area contributed by atoms with E-state index in [1.54, 1.807) is 0 Å². The van der Waals surface area contributed by atoms with Crippen LogP contribution in [0.3, 0.4) is 0 Å². The molecule has 21 heavy (non-hydrogen) atoms. The Labute approximate surface area is 141 Å². The number of hydrogen-bond donors (Lipinski definition) is 1. The van der Waals surface area contributed by atoms with Crippen LogP contribution in [0.15, 0.2) is 0 Å². The first kappa shape index (κ1) is 19.2. The molecule has 2 aliphatic rings. The quantitative estimate of drug-likeness (QED) is 0.662. The van der Waals surface area contributed by atoms with Gasteiger partial charge in [0.15, 0.2) is 0 Å². The summed E-state index contributed by atoms with van der Waals surface area (Å²) in [5, 5.41) is 0.709. The van der Waals surface area contributed by atoms with E-state index in [9.17, 15) is 0 Å². The van der Waals surface area contributed by atoms with Crippen molar-refractivity contribution in [3.63, 3.8) is 0 Å². The lowest BCUT2D eigenvalue weighted by atomic mass is 9.87. The zero-order valence-corrected chi connectivity index (χ0v) is 15.6. The van der Waals surface area contributed by atoms with Gasteiger partial charge >= 0.3 is 0 Å². The molecular weight excluding hydrogens is 296 g/mol. The lowest BCUT2D eigenvalue weighted by Gasteiger charge is -2.37. The fraction of sp³-hybridized carbons (Fsp3) is 0.941. The first-order chi connectivity index (χ1) is 9.72. The van der Waals surface area contributed by atoms with Crippen LogP contribution in [-0.4, -0.2) is 27.1 Å². The molecule has 3 N–H and O–H groups in total. The van der Waals surface area contributed by atoms with E-state index >= 15 is 0 Å². The summed E-state index contributed by atoms with van der Waals surface area (Å²) in [6.45, 7) is 5.77. The smallest absolute Gasteiger partial charge is 0.136 e. The van der Waals surface area contributed by atoms with Gasteiger partial charge in [-0.25, -0.2) is 0 Å². The number of hydrogen-bond acceptors (Lipinski definition) is 3. The summed E-state index contributed by atoms with van der Waals surface area (Å²) in [5.74, 6) is 0.900. The molecule has 0 heterocycles. The second-order valence-electron chi connectivity index (χ2n) is 6.56. The molecule has 0 radical (unpaired) electrons. The average Bonchev–Trinajstić information content (AvgIpc) is 2.50. The van der Waals surface area contributed by atoms with Crippen molar-refractivity contribution in [2.45, 2.75) is 89.3 Å². The molecule has 0 bridgehead atoms. The third-order valence-corrected chi connectivity index (χ3v) is 6.91. The van der Waals surface area contributed by atoms with E-state index in [0.29, 0.717) is 5.25 Å². The van der Waals surface area contributed by atoms with Crippen molar-refractivity contribution in [3.8, 4) is 0 Å². The fourth-order valence-electron chi connectivity index (χ4n) is 3.86. The van der Waals surface area contributed by atoms with Crippen LogP contribution < -0.4 is 6.15 Å². The van der Waals surface area contributed by atoms with Gasteiger partial charge in [-0.3, -0.25) is 0 Å².